The van der Waals surface area contributed by atoms with Crippen LogP contribution in [0.4, 0.5) is 0 Å². The zero-order chi connectivity index (χ0) is 14.7. The summed E-state index contributed by atoms with van der Waals surface area (Å²) >= 11 is 0. The number of rotatable bonds is 3. The Morgan fingerprint density at radius 2 is 1.47 bits per heavy atom. The van der Waals surface area contributed by atoms with E-state index in [1.165, 1.54) is 0 Å². The Labute approximate surface area is 120 Å². The summed E-state index contributed by atoms with van der Waals surface area (Å²) in [6, 6.07) is 10.4. The quantitative estimate of drug-likeness (QED) is 0.582. The summed E-state index contributed by atoms with van der Waals surface area (Å²) in [5.74, 6) is 3.43. The van der Waals surface area contributed by atoms with Gasteiger partial charge in [-0.2, -0.15) is 0 Å². The molecule has 0 saturated heterocycles. The Balaban J connectivity index is 3.21. The van der Waals surface area contributed by atoms with Gasteiger partial charge in [-0.15, -0.1) is 5.54 Å². The van der Waals surface area contributed by atoms with Crippen LogP contribution in [-0.2, 0) is 10.0 Å². The van der Waals surface area contributed by atoms with Crippen molar-refractivity contribution in [2.45, 2.75) is 51.8 Å². The molecule has 1 rings (SSSR count). The number of hydrogen-bond acceptors (Lipinski definition) is 1. The lowest BCUT2D eigenvalue weighted by Crippen LogP contribution is -2.38. The minimum Gasteiger partial charge on any atom is -0.398 e. The molecule has 0 radical (unpaired) electrons. The van der Waals surface area contributed by atoms with E-state index in [0.717, 1.165) is 5.56 Å². The standard InChI is InChI=1S/C16H26OSi2/c1-16(17-19(5,6)7,13-14-18(2,3)4)15-11-9-8-10-12-15/h8-12H,1-7H3. The molecule has 1 aromatic carbocycles. The fourth-order valence-electron chi connectivity index (χ4n) is 1.83. The van der Waals surface area contributed by atoms with Crippen LogP contribution in [0.25, 0.3) is 0 Å². The zero-order valence-electron chi connectivity index (χ0n) is 13.3. The van der Waals surface area contributed by atoms with E-state index in [1.807, 2.05) is 6.07 Å². The molecule has 0 saturated carbocycles. The van der Waals surface area contributed by atoms with Crippen LogP contribution in [0, 0.1) is 11.5 Å². The van der Waals surface area contributed by atoms with Gasteiger partial charge in [0.05, 0.1) is 0 Å². The van der Waals surface area contributed by atoms with Crippen molar-refractivity contribution in [1.29, 1.82) is 0 Å². The van der Waals surface area contributed by atoms with Gasteiger partial charge in [0.15, 0.2) is 8.32 Å². The zero-order valence-corrected chi connectivity index (χ0v) is 15.3. The fraction of sp³-hybridized carbons (Fsp3) is 0.500. The maximum Gasteiger partial charge on any atom is 0.186 e. The highest BCUT2D eigenvalue weighted by Crippen LogP contribution is 2.28. The summed E-state index contributed by atoms with van der Waals surface area (Å²) in [6.07, 6.45) is 0. The Morgan fingerprint density at radius 3 is 1.89 bits per heavy atom. The van der Waals surface area contributed by atoms with Crippen LogP contribution in [0.1, 0.15) is 12.5 Å². The molecule has 0 bridgehead atoms. The molecular weight excluding hydrogens is 264 g/mol. The molecule has 0 aliphatic carbocycles. The SMILES string of the molecule is CC(C#C[Si](C)(C)C)(O[Si](C)(C)C)c1ccccc1. The largest absolute Gasteiger partial charge is 0.398 e. The van der Waals surface area contributed by atoms with Crippen LogP contribution in [0.5, 0.6) is 0 Å². The van der Waals surface area contributed by atoms with Crippen LogP contribution in [0.15, 0.2) is 30.3 Å². The van der Waals surface area contributed by atoms with Crippen molar-refractivity contribution in [3.05, 3.63) is 35.9 Å². The molecule has 1 nitrogen and oxygen atoms in total. The average molecular weight is 291 g/mol. The van der Waals surface area contributed by atoms with Crippen molar-refractivity contribution in [3.63, 3.8) is 0 Å². The number of hydrogen-bond donors (Lipinski definition) is 0. The molecule has 0 aliphatic heterocycles. The first-order chi connectivity index (χ1) is 8.52. The van der Waals surface area contributed by atoms with Crippen LogP contribution in [0.3, 0.4) is 0 Å². The van der Waals surface area contributed by atoms with Crippen molar-refractivity contribution in [2.75, 3.05) is 0 Å². The van der Waals surface area contributed by atoms with Crippen molar-refractivity contribution in [3.8, 4) is 11.5 Å². The van der Waals surface area contributed by atoms with E-state index in [4.69, 9.17) is 4.43 Å². The first-order valence-corrected chi connectivity index (χ1v) is 13.7. The fourth-order valence-corrected chi connectivity index (χ4v) is 3.84. The minimum absolute atomic E-state index is 0.480. The molecular formula is C16H26OSi2. The molecule has 3 heteroatoms. The van der Waals surface area contributed by atoms with Crippen molar-refractivity contribution in [1.82, 2.24) is 0 Å². The van der Waals surface area contributed by atoms with Gasteiger partial charge in [0.25, 0.3) is 0 Å². The first kappa shape index (κ1) is 16.2. The summed E-state index contributed by atoms with van der Waals surface area (Å²) in [4.78, 5) is 0. The Hall–Kier alpha value is -0.826. The maximum absolute atomic E-state index is 6.39. The molecule has 0 fully saturated rings. The monoisotopic (exact) mass is 290 g/mol. The van der Waals surface area contributed by atoms with E-state index < -0.39 is 22.0 Å². The summed E-state index contributed by atoms with van der Waals surface area (Å²) in [6.45, 7) is 15.5. The molecule has 0 aromatic heterocycles. The van der Waals surface area contributed by atoms with E-state index in [1.54, 1.807) is 0 Å². The highest BCUT2D eigenvalue weighted by Gasteiger charge is 2.32. The van der Waals surface area contributed by atoms with E-state index in [0.29, 0.717) is 0 Å². The normalized spacial score (nSPS) is 15.3. The highest BCUT2D eigenvalue weighted by molar-refractivity contribution is 6.83. The smallest absolute Gasteiger partial charge is 0.186 e. The van der Waals surface area contributed by atoms with Gasteiger partial charge in [-0.25, -0.2) is 0 Å². The van der Waals surface area contributed by atoms with Gasteiger partial charge in [0.1, 0.15) is 13.7 Å². The van der Waals surface area contributed by atoms with Crippen LogP contribution < -0.4 is 0 Å². The first-order valence-electron chi connectivity index (χ1n) is 6.82. The lowest BCUT2D eigenvalue weighted by Gasteiger charge is -2.33. The van der Waals surface area contributed by atoms with Gasteiger partial charge in [-0.05, 0) is 32.1 Å². The van der Waals surface area contributed by atoms with Crippen LogP contribution in [-0.4, -0.2) is 16.4 Å². The van der Waals surface area contributed by atoms with Gasteiger partial charge in [-0.1, -0.05) is 55.9 Å². The Bertz CT molecular complexity index is 471. The molecule has 0 aliphatic rings. The molecule has 0 N–H and O–H groups in total. The van der Waals surface area contributed by atoms with Crippen molar-refractivity contribution in [2.24, 2.45) is 0 Å². The van der Waals surface area contributed by atoms with Crippen molar-refractivity contribution >= 4 is 16.4 Å². The van der Waals surface area contributed by atoms with E-state index in [-0.39, 0.29) is 0 Å². The second-order valence-corrected chi connectivity index (χ2v) is 16.3. The third kappa shape index (κ3) is 5.77. The lowest BCUT2D eigenvalue weighted by molar-refractivity contribution is 0.143. The molecule has 1 unspecified atom stereocenters. The van der Waals surface area contributed by atoms with Gasteiger partial charge in [0, 0.05) is 0 Å². The molecule has 104 valence electrons. The van der Waals surface area contributed by atoms with E-state index in [9.17, 15) is 0 Å². The predicted octanol–water partition coefficient (Wildman–Crippen LogP) is 4.63. The summed E-state index contributed by atoms with van der Waals surface area (Å²) < 4.78 is 6.39. The van der Waals surface area contributed by atoms with Gasteiger partial charge in [0.2, 0.25) is 0 Å². The summed E-state index contributed by atoms with van der Waals surface area (Å²) in [7, 11) is -3.06. The average Bonchev–Trinajstić information content (AvgIpc) is 2.25. The molecule has 0 spiro atoms. The maximum atomic E-state index is 6.39. The van der Waals surface area contributed by atoms with E-state index in [2.05, 4.69) is 81.9 Å². The van der Waals surface area contributed by atoms with Crippen LogP contribution in [0.2, 0.25) is 39.3 Å². The second-order valence-electron chi connectivity index (χ2n) is 7.11. The Morgan fingerprint density at radius 1 is 0.947 bits per heavy atom. The van der Waals surface area contributed by atoms with Gasteiger partial charge in [-0.3, -0.25) is 0 Å². The summed E-state index contributed by atoms with van der Waals surface area (Å²) in [5.41, 5.74) is 4.15. The summed E-state index contributed by atoms with van der Waals surface area (Å²) in [5, 5.41) is 0. The topological polar surface area (TPSA) is 9.23 Å². The van der Waals surface area contributed by atoms with Crippen LogP contribution >= 0.6 is 0 Å². The van der Waals surface area contributed by atoms with Gasteiger partial charge < -0.3 is 4.43 Å². The molecule has 19 heavy (non-hydrogen) atoms. The third-order valence-corrected chi connectivity index (χ3v) is 4.41. The lowest BCUT2D eigenvalue weighted by atomic mass is 9.97. The molecule has 0 amide bonds. The predicted molar refractivity (Wildman–Crippen MR) is 89.3 cm³/mol. The molecule has 1 atom stereocenters. The number of benzene rings is 1. The van der Waals surface area contributed by atoms with Crippen molar-refractivity contribution < 1.29 is 4.43 Å². The molecule has 1 aromatic rings. The Kier molecular flexibility index (Phi) is 4.83. The van der Waals surface area contributed by atoms with Gasteiger partial charge >= 0.3 is 0 Å². The highest BCUT2D eigenvalue weighted by atomic mass is 28.4. The minimum atomic E-state index is -1.66. The molecule has 0 heterocycles. The third-order valence-electron chi connectivity index (χ3n) is 2.51. The second kappa shape index (κ2) is 5.66. The van der Waals surface area contributed by atoms with E-state index >= 15 is 0 Å².